The standard InChI is InChI=1S/C7H16N2O/c1-6-5-8-3-4-9(6)7(2)10/h6-8,10H,3-5H2,1-2H3/t6-,7?/m0/s1. The Morgan fingerprint density at radius 2 is 2.40 bits per heavy atom. The summed E-state index contributed by atoms with van der Waals surface area (Å²) in [5.41, 5.74) is 0. The zero-order chi connectivity index (χ0) is 7.56. The van der Waals surface area contributed by atoms with Gasteiger partial charge in [0.2, 0.25) is 0 Å². The maximum absolute atomic E-state index is 9.25. The number of aliphatic hydroxyl groups is 1. The molecule has 1 saturated heterocycles. The molecule has 1 aliphatic rings. The van der Waals surface area contributed by atoms with Gasteiger partial charge in [0.15, 0.2) is 0 Å². The minimum absolute atomic E-state index is 0.294. The van der Waals surface area contributed by atoms with Crippen LogP contribution in [0.4, 0.5) is 0 Å². The van der Waals surface area contributed by atoms with E-state index in [2.05, 4.69) is 17.1 Å². The zero-order valence-electron chi connectivity index (χ0n) is 6.67. The number of hydrogen-bond donors (Lipinski definition) is 2. The van der Waals surface area contributed by atoms with Crippen molar-refractivity contribution in [3.63, 3.8) is 0 Å². The first kappa shape index (κ1) is 7.98. The third-order valence-corrected chi connectivity index (χ3v) is 2.03. The zero-order valence-corrected chi connectivity index (χ0v) is 6.67. The van der Waals surface area contributed by atoms with Gasteiger partial charge in [-0.15, -0.1) is 0 Å². The van der Waals surface area contributed by atoms with Gasteiger partial charge in [0.05, 0.1) is 0 Å². The largest absolute Gasteiger partial charge is 0.379 e. The fraction of sp³-hybridized carbons (Fsp3) is 1.00. The molecule has 1 unspecified atom stereocenters. The highest BCUT2D eigenvalue weighted by Crippen LogP contribution is 2.04. The van der Waals surface area contributed by atoms with Crippen LogP contribution in [0.3, 0.4) is 0 Å². The Hall–Kier alpha value is -0.120. The fourth-order valence-electron chi connectivity index (χ4n) is 1.41. The number of piperazine rings is 1. The van der Waals surface area contributed by atoms with E-state index in [4.69, 9.17) is 0 Å². The highest BCUT2D eigenvalue weighted by Gasteiger charge is 2.20. The van der Waals surface area contributed by atoms with E-state index in [1.54, 1.807) is 0 Å². The Bertz CT molecular complexity index is 106. The van der Waals surface area contributed by atoms with Crippen molar-refractivity contribution >= 4 is 0 Å². The van der Waals surface area contributed by atoms with E-state index >= 15 is 0 Å². The average Bonchev–Trinajstić information content (AvgIpc) is 1.88. The van der Waals surface area contributed by atoms with Crippen LogP contribution >= 0.6 is 0 Å². The predicted octanol–water partition coefficient (Wildman–Crippen LogP) is -0.382. The highest BCUT2D eigenvalue weighted by molar-refractivity contribution is 4.75. The number of aliphatic hydroxyl groups excluding tert-OH is 1. The number of nitrogens with one attached hydrogen (secondary N) is 1. The van der Waals surface area contributed by atoms with Gasteiger partial charge in [-0.3, -0.25) is 4.90 Å². The van der Waals surface area contributed by atoms with Gasteiger partial charge in [-0.1, -0.05) is 0 Å². The second-order valence-electron chi connectivity index (χ2n) is 2.92. The van der Waals surface area contributed by atoms with Crippen LogP contribution in [0.15, 0.2) is 0 Å². The molecule has 0 aromatic heterocycles. The van der Waals surface area contributed by atoms with E-state index in [0.29, 0.717) is 6.04 Å². The lowest BCUT2D eigenvalue weighted by atomic mass is 10.2. The summed E-state index contributed by atoms with van der Waals surface area (Å²) in [6.45, 7) is 6.89. The van der Waals surface area contributed by atoms with E-state index in [-0.39, 0.29) is 6.23 Å². The lowest BCUT2D eigenvalue weighted by Crippen LogP contribution is -2.53. The van der Waals surface area contributed by atoms with Gasteiger partial charge in [-0.2, -0.15) is 0 Å². The molecule has 0 amide bonds. The first-order chi connectivity index (χ1) is 4.72. The van der Waals surface area contributed by atoms with Crippen molar-refractivity contribution in [2.45, 2.75) is 26.1 Å². The predicted molar refractivity (Wildman–Crippen MR) is 40.7 cm³/mol. The first-order valence-corrected chi connectivity index (χ1v) is 3.86. The molecule has 1 fully saturated rings. The van der Waals surface area contributed by atoms with Crippen LogP contribution in [0.25, 0.3) is 0 Å². The molecule has 0 saturated carbocycles. The van der Waals surface area contributed by atoms with Crippen molar-refractivity contribution in [2.24, 2.45) is 0 Å². The molecule has 3 nitrogen and oxygen atoms in total. The summed E-state index contributed by atoms with van der Waals surface area (Å²) in [7, 11) is 0. The van der Waals surface area contributed by atoms with Gasteiger partial charge in [-0.05, 0) is 13.8 Å². The molecule has 0 bridgehead atoms. The molecule has 10 heavy (non-hydrogen) atoms. The third-order valence-electron chi connectivity index (χ3n) is 2.03. The summed E-state index contributed by atoms with van der Waals surface area (Å²) in [6.07, 6.45) is -0.294. The molecule has 60 valence electrons. The SMILES string of the molecule is CC(O)N1CCNC[C@@H]1C. The van der Waals surface area contributed by atoms with E-state index < -0.39 is 0 Å². The Kier molecular flexibility index (Phi) is 2.65. The van der Waals surface area contributed by atoms with Gasteiger partial charge in [-0.25, -0.2) is 0 Å². The van der Waals surface area contributed by atoms with Gasteiger partial charge in [0.25, 0.3) is 0 Å². The topological polar surface area (TPSA) is 35.5 Å². The maximum atomic E-state index is 9.25. The molecule has 1 heterocycles. The highest BCUT2D eigenvalue weighted by atomic mass is 16.3. The van der Waals surface area contributed by atoms with Crippen LogP contribution in [-0.2, 0) is 0 Å². The van der Waals surface area contributed by atoms with Crippen molar-refractivity contribution in [1.29, 1.82) is 0 Å². The molecule has 3 heteroatoms. The van der Waals surface area contributed by atoms with Crippen molar-refractivity contribution < 1.29 is 5.11 Å². The summed E-state index contributed by atoms with van der Waals surface area (Å²) in [5, 5.41) is 12.5. The van der Waals surface area contributed by atoms with Gasteiger partial charge in [0.1, 0.15) is 6.23 Å². The Morgan fingerprint density at radius 3 is 2.80 bits per heavy atom. The van der Waals surface area contributed by atoms with Crippen LogP contribution in [0.5, 0.6) is 0 Å². The van der Waals surface area contributed by atoms with Gasteiger partial charge >= 0.3 is 0 Å². The van der Waals surface area contributed by atoms with Gasteiger partial charge < -0.3 is 10.4 Å². The maximum Gasteiger partial charge on any atom is 0.104 e. The molecule has 0 spiro atoms. The summed E-state index contributed by atoms with van der Waals surface area (Å²) >= 11 is 0. The molecule has 0 radical (unpaired) electrons. The lowest BCUT2D eigenvalue weighted by molar-refractivity contribution is -0.0168. The van der Waals surface area contributed by atoms with Crippen LogP contribution < -0.4 is 5.32 Å². The minimum Gasteiger partial charge on any atom is -0.379 e. The normalized spacial score (nSPS) is 32.1. The summed E-state index contributed by atoms with van der Waals surface area (Å²) in [5.74, 6) is 0. The van der Waals surface area contributed by atoms with Crippen LogP contribution in [0.1, 0.15) is 13.8 Å². The third kappa shape index (κ3) is 1.68. The van der Waals surface area contributed by atoms with Crippen LogP contribution in [0, 0.1) is 0 Å². The van der Waals surface area contributed by atoms with Crippen LogP contribution in [0.2, 0.25) is 0 Å². The van der Waals surface area contributed by atoms with E-state index in [1.165, 1.54) is 0 Å². The van der Waals surface area contributed by atoms with Crippen molar-refractivity contribution in [2.75, 3.05) is 19.6 Å². The first-order valence-electron chi connectivity index (χ1n) is 3.86. The molecule has 0 aromatic rings. The quantitative estimate of drug-likeness (QED) is 0.526. The summed E-state index contributed by atoms with van der Waals surface area (Å²) < 4.78 is 0. The van der Waals surface area contributed by atoms with Gasteiger partial charge in [0, 0.05) is 25.7 Å². The van der Waals surface area contributed by atoms with Crippen molar-refractivity contribution in [3.8, 4) is 0 Å². The number of hydrogen-bond acceptors (Lipinski definition) is 3. The molecule has 1 rings (SSSR count). The van der Waals surface area contributed by atoms with Crippen molar-refractivity contribution in [3.05, 3.63) is 0 Å². The van der Waals surface area contributed by atoms with Crippen LogP contribution in [-0.4, -0.2) is 41.9 Å². The van der Waals surface area contributed by atoms with E-state index in [9.17, 15) is 5.11 Å². The molecule has 0 aliphatic carbocycles. The van der Waals surface area contributed by atoms with E-state index in [1.807, 2.05) is 6.92 Å². The molecule has 0 aromatic carbocycles. The molecule has 2 atom stereocenters. The minimum atomic E-state index is -0.294. The lowest BCUT2D eigenvalue weighted by Gasteiger charge is -2.35. The van der Waals surface area contributed by atoms with E-state index in [0.717, 1.165) is 19.6 Å². The molecule has 1 aliphatic heterocycles. The number of rotatable bonds is 1. The molecular formula is C7H16N2O. The second kappa shape index (κ2) is 3.32. The molecular weight excluding hydrogens is 128 g/mol. The summed E-state index contributed by atoms with van der Waals surface area (Å²) in [6, 6.07) is 0.466. The Balaban J connectivity index is 2.40. The number of nitrogens with zero attached hydrogens (tertiary/aromatic N) is 1. The Labute approximate surface area is 62.0 Å². The summed E-state index contributed by atoms with van der Waals surface area (Å²) in [4.78, 5) is 2.09. The average molecular weight is 144 g/mol. The Morgan fingerprint density at radius 1 is 1.70 bits per heavy atom. The second-order valence-corrected chi connectivity index (χ2v) is 2.92. The molecule has 2 N–H and O–H groups in total. The monoisotopic (exact) mass is 144 g/mol. The smallest absolute Gasteiger partial charge is 0.104 e. The fourth-order valence-corrected chi connectivity index (χ4v) is 1.41. The van der Waals surface area contributed by atoms with Crippen molar-refractivity contribution in [1.82, 2.24) is 10.2 Å².